The maximum atomic E-state index is 14.6. The number of rotatable bonds is 10. The second-order valence-corrected chi connectivity index (χ2v) is 10.2. The maximum Gasteiger partial charge on any atom is 0.257 e. The Balaban J connectivity index is 2.11. The summed E-state index contributed by atoms with van der Waals surface area (Å²) in [6.07, 6.45) is 1.86. The number of halogens is 2. The topological polar surface area (TPSA) is 76.9 Å². The molecule has 1 N–H and O–H groups in total. The molecule has 2 atom stereocenters. The Morgan fingerprint density at radius 3 is 2.39 bits per heavy atom. The average Bonchev–Trinajstić information content (AvgIpc) is 2.91. The van der Waals surface area contributed by atoms with E-state index < -0.39 is 17.3 Å². The molecule has 0 spiro atoms. The number of hydrogen-bond donors (Lipinski definition) is 1. The van der Waals surface area contributed by atoms with E-state index in [0.717, 1.165) is 15.4 Å². The van der Waals surface area contributed by atoms with Crippen LogP contribution in [0.2, 0.25) is 0 Å². The Kier molecular flexibility index (Phi) is 8.50. The van der Waals surface area contributed by atoms with Crippen molar-refractivity contribution < 1.29 is 23.7 Å². The van der Waals surface area contributed by atoms with Gasteiger partial charge in [0.2, 0.25) is 5.88 Å². The summed E-state index contributed by atoms with van der Waals surface area (Å²) in [7, 11) is 8.41. The van der Waals surface area contributed by atoms with Crippen molar-refractivity contribution in [3.05, 3.63) is 87.8 Å². The molecule has 200 valence electrons. The summed E-state index contributed by atoms with van der Waals surface area (Å²) in [6, 6.07) is 15.5. The number of pyridine rings is 2. The fraction of sp³-hybridized carbons (Fsp3) is 0.310. The zero-order chi connectivity index (χ0) is 27.4. The van der Waals surface area contributed by atoms with Crippen LogP contribution in [0.25, 0.3) is 10.9 Å². The minimum absolute atomic E-state index is 0.264. The standard InChI is InChI=1S/C29H31BrFN3O4/c1-34(2)14-12-29(35,19-7-6-8-21(31)17-19)25(22-11-13-32-28(38-5)26(22)36-3)23-16-18-15-20(30)9-10-24(18)33-27(23)37-4/h6-11,13,15-17,25,35H,12,14H2,1-5H3/t25-,29-/m1/s1. The van der Waals surface area contributed by atoms with Crippen molar-refractivity contribution in [2.24, 2.45) is 0 Å². The molecule has 0 radical (unpaired) electrons. The van der Waals surface area contributed by atoms with Crippen LogP contribution in [0.3, 0.4) is 0 Å². The van der Waals surface area contributed by atoms with Gasteiger partial charge in [-0.15, -0.1) is 0 Å². The van der Waals surface area contributed by atoms with Crippen LogP contribution in [-0.4, -0.2) is 61.9 Å². The lowest BCUT2D eigenvalue weighted by molar-refractivity contribution is 0.00286. The highest BCUT2D eigenvalue weighted by atomic mass is 79.9. The lowest BCUT2D eigenvalue weighted by Crippen LogP contribution is -2.38. The van der Waals surface area contributed by atoms with E-state index in [0.29, 0.717) is 34.9 Å². The first-order chi connectivity index (χ1) is 18.2. The molecule has 4 rings (SSSR count). The predicted octanol–water partition coefficient (Wildman–Crippen LogP) is 5.53. The monoisotopic (exact) mass is 583 g/mol. The van der Waals surface area contributed by atoms with Crippen LogP contribution >= 0.6 is 15.9 Å². The Morgan fingerprint density at radius 2 is 1.74 bits per heavy atom. The molecule has 0 aliphatic rings. The van der Waals surface area contributed by atoms with Gasteiger partial charge < -0.3 is 24.2 Å². The molecule has 7 nitrogen and oxygen atoms in total. The van der Waals surface area contributed by atoms with Crippen LogP contribution in [0.15, 0.2) is 65.3 Å². The molecule has 38 heavy (non-hydrogen) atoms. The highest BCUT2D eigenvalue weighted by molar-refractivity contribution is 9.10. The molecular formula is C29H31BrFN3O4. The van der Waals surface area contributed by atoms with Gasteiger partial charge in [0.1, 0.15) is 11.4 Å². The van der Waals surface area contributed by atoms with E-state index in [2.05, 4.69) is 20.9 Å². The molecule has 0 amide bonds. The van der Waals surface area contributed by atoms with Gasteiger partial charge in [-0.1, -0.05) is 28.1 Å². The number of aromatic nitrogens is 2. The SMILES string of the molecule is COc1nc2ccc(Br)cc2cc1[C@@H](c1ccnc(OC)c1OC)[C@@](O)(CCN(C)C)c1cccc(F)c1. The predicted molar refractivity (Wildman–Crippen MR) is 149 cm³/mol. The smallest absolute Gasteiger partial charge is 0.257 e. The molecule has 0 aliphatic heterocycles. The van der Waals surface area contributed by atoms with Crippen molar-refractivity contribution in [3.8, 4) is 17.5 Å². The second-order valence-electron chi connectivity index (χ2n) is 9.29. The molecule has 4 aromatic rings. The Labute approximate surface area is 230 Å². The van der Waals surface area contributed by atoms with Gasteiger partial charge in [-0.05, 0) is 68.5 Å². The molecule has 0 bridgehead atoms. The van der Waals surface area contributed by atoms with Crippen molar-refractivity contribution in [2.45, 2.75) is 17.9 Å². The summed E-state index contributed by atoms with van der Waals surface area (Å²) >= 11 is 3.54. The van der Waals surface area contributed by atoms with Gasteiger partial charge in [0, 0.05) is 33.7 Å². The molecule has 0 saturated heterocycles. The second kappa shape index (κ2) is 11.6. The quantitative estimate of drug-likeness (QED) is 0.263. The molecule has 0 fully saturated rings. The molecule has 9 heteroatoms. The summed E-state index contributed by atoms with van der Waals surface area (Å²) < 4.78 is 32.6. The maximum absolute atomic E-state index is 14.6. The first-order valence-corrected chi connectivity index (χ1v) is 12.8. The first kappa shape index (κ1) is 27.8. The van der Waals surface area contributed by atoms with Gasteiger partial charge in [-0.25, -0.2) is 14.4 Å². The van der Waals surface area contributed by atoms with Crippen LogP contribution in [-0.2, 0) is 5.60 Å². The molecule has 2 aromatic heterocycles. The molecule has 0 saturated carbocycles. The fourth-order valence-corrected chi connectivity index (χ4v) is 5.21. The van der Waals surface area contributed by atoms with Gasteiger partial charge >= 0.3 is 0 Å². The number of fused-ring (bicyclic) bond motifs is 1. The van der Waals surface area contributed by atoms with E-state index in [4.69, 9.17) is 19.2 Å². The van der Waals surface area contributed by atoms with Crippen molar-refractivity contribution in [2.75, 3.05) is 42.0 Å². The van der Waals surface area contributed by atoms with Crippen LogP contribution in [0.5, 0.6) is 17.5 Å². The third kappa shape index (κ3) is 5.45. The number of nitrogens with zero attached hydrogens (tertiary/aromatic N) is 3. The lowest BCUT2D eigenvalue weighted by atomic mass is 9.71. The van der Waals surface area contributed by atoms with Gasteiger partial charge in [0.15, 0.2) is 5.75 Å². The zero-order valence-electron chi connectivity index (χ0n) is 22.0. The van der Waals surface area contributed by atoms with Crippen LogP contribution in [0.4, 0.5) is 4.39 Å². The van der Waals surface area contributed by atoms with Crippen LogP contribution < -0.4 is 14.2 Å². The summed E-state index contributed by atoms with van der Waals surface area (Å²) in [5, 5.41) is 13.6. The van der Waals surface area contributed by atoms with E-state index >= 15 is 0 Å². The average molecular weight is 584 g/mol. The van der Waals surface area contributed by atoms with Crippen LogP contribution in [0, 0.1) is 5.82 Å². The summed E-state index contributed by atoms with van der Waals surface area (Å²) in [5.41, 5.74) is 0.739. The van der Waals surface area contributed by atoms with Crippen molar-refractivity contribution >= 4 is 26.8 Å². The van der Waals surface area contributed by atoms with Crippen molar-refractivity contribution in [1.29, 1.82) is 0 Å². The minimum Gasteiger partial charge on any atom is -0.491 e. The van der Waals surface area contributed by atoms with Crippen molar-refractivity contribution in [1.82, 2.24) is 14.9 Å². The van der Waals surface area contributed by atoms with E-state index in [1.165, 1.54) is 26.4 Å². The fourth-order valence-electron chi connectivity index (χ4n) is 4.83. The molecule has 0 unspecified atom stereocenters. The number of hydrogen-bond acceptors (Lipinski definition) is 7. The van der Waals surface area contributed by atoms with Gasteiger partial charge in [0.05, 0.1) is 32.8 Å². The lowest BCUT2D eigenvalue weighted by Gasteiger charge is -2.39. The summed E-state index contributed by atoms with van der Waals surface area (Å²) in [6.45, 7) is 0.517. The van der Waals surface area contributed by atoms with E-state index in [1.54, 1.807) is 31.5 Å². The first-order valence-electron chi connectivity index (χ1n) is 12.1. The Morgan fingerprint density at radius 1 is 0.974 bits per heavy atom. The van der Waals surface area contributed by atoms with Gasteiger partial charge in [-0.2, -0.15) is 0 Å². The third-order valence-corrected chi connectivity index (χ3v) is 7.12. The van der Waals surface area contributed by atoms with Gasteiger partial charge in [-0.3, -0.25) is 0 Å². The third-order valence-electron chi connectivity index (χ3n) is 6.63. The molecule has 0 aliphatic carbocycles. The Bertz CT molecular complexity index is 1430. The summed E-state index contributed by atoms with van der Waals surface area (Å²) in [5.74, 6) is -0.295. The van der Waals surface area contributed by atoms with Gasteiger partial charge in [0.25, 0.3) is 5.88 Å². The van der Waals surface area contributed by atoms with E-state index in [1.807, 2.05) is 43.3 Å². The molecular weight excluding hydrogens is 553 g/mol. The highest BCUT2D eigenvalue weighted by Crippen LogP contribution is 2.51. The number of ether oxygens (including phenoxy) is 3. The largest absolute Gasteiger partial charge is 0.491 e. The minimum atomic E-state index is -1.61. The van der Waals surface area contributed by atoms with Crippen molar-refractivity contribution in [3.63, 3.8) is 0 Å². The summed E-state index contributed by atoms with van der Waals surface area (Å²) in [4.78, 5) is 11.0. The van der Waals surface area contributed by atoms with E-state index in [-0.39, 0.29) is 12.3 Å². The number of methoxy groups -OCH3 is 3. The highest BCUT2D eigenvalue weighted by Gasteiger charge is 2.44. The van der Waals surface area contributed by atoms with Crippen LogP contribution in [0.1, 0.15) is 29.0 Å². The zero-order valence-corrected chi connectivity index (χ0v) is 23.6. The molecule has 2 heterocycles. The number of aliphatic hydroxyl groups is 1. The molecule has 2 aromatic carbocycles. The number of benzene rings is 2. The van der Waals surface area contributed by atoms with E-state index in [9.17, 15) is 9.50 Å². The normalized spacial score (nSPS) is 13.8. The Hall–Kier alpha value is -3.27.